The van der Waals surface area contributed by atoms with Gasteiger partial charge in [0.25, 0.3) is 0 Å². The largest absolute Gasteiger partial charge is 0.339 e. The third-order valence-corrected chi connectivity index (χ3v) is 4.08. The highest BCUT2D eigenvalue weighted by Gasteiger charge is 2.18. The van der Waals surface area contributed by atoms with Crippen LogP contribution >= 0.6 is 12.4 Å². The monoisotopic (exact) mass is 354 g/mol. The summed E-state index contributed by atoms with van der Waals surface area (Å²) in [6.45, 7) is 7.67. The molecule has 24 heavy (non-hydrogen) atoms. The highest BCUT2D eigenvalue weighted by atomic mass is 35.5. The van der Waals surface area contributed by atoms with E-state index in [2.05, 4.69) is 10.6 Å². The van der Waals surface area contributed by atoms with Gasteiger partial charge in [-0.25, -0.2) is 0 Å². The normalized spacial score (nSPS) is 14.2. The number of likely N-dealkylation sites (N-methyl/N-ethyl adjacent to an activating group) is 1. The standard InChI is InChI=1S/C17H26N4O2.ClH/c1-13-4-5-15(10-14(13)2)19-16(22)11-20(3)12-17(23)21-8-6-18-7-9-21;/h4-5,10,18H,6-9,11-12H2,1-3H3,(H,19,22);1H. The van der Waals surface area contributed by atoms with Crippen LogP contribution in [0.5, 0.6) is 0 Å². The second-order valence-electron chi connectivity index (χ2n) is 6.15. The fourth-order valence-electron chi connectivity index (χ4n) is 2.57. The molecule has 0 radical (unpaired) electrons. The summed E-state index contributed by atoms with van der Waals surface area (Å²) in [7, 11) is 1.79. The van der Waals surface area contributed by atoms with Gasteiger partial charge >= 0.3 is 0 Å². The van der Waals surface area contributed by atoms with E-state index in [9.17, 15) is 9.59 Å². The van der Waals surface area contributed by atoms with Crippen molar-refractivity contribution in [3.05, 3.63) is 29.3 Å². The van der Waals surface area contributed by atoms with Gasteiger partial charge in [-0.2, -0.15) is 0 Å². The average molecular weight is 355 g/mol. The number of hydrogen-bond acceptors (Lipinski definition) is 4. The Morgan fingerprint density at radius 3 is 2.46 bits per heavy atom. The molecule has 1 fully saturated rings. The molecular formula is C17H27ClN4O2. The number of amides is 2. The fraction of sp³-hybridized carbons (Fsp3) is 0.529. The van der Waals surface area contributed by atoms with E-state index in [0.717, 1.165) is 37.4 Å². The van der Waals surface area contributed by atoms with Crippen LogP contribution in [0.1, 0.15) is 11.1 Å². The van der Waals surface area contributed by atoms with Crippen LogP contribution in [0.25, 0.3) is 0 Å². The average Bonchev–Trinajstić information content (AvgIpc) is 2.51. The molecule has 134 valence electrons. The Labute approximate surface area is 150 Å². The summed E-state index contributed by atoms with van der Waals surface area (Å²) in [6.07, 6.45) is 0. The van der Waals surface area contributed by atoms with Crippen LogP contribution in [0, 0.1) is 13.8 Å². The number of nitrogens with one attached hydrogen (secondary N) is 2. The molecule has 0 saturated carbocycles. The number of anilines is 1. The van der Waals surface area contributed by atoms with Gasteiger partial charge in [-0.1, -0.05) is 6.07 Å². The highest BCUT2D eigenvalue weighted by Crippen LogP contribution is 2.14. The van der Waals surface area contributed by atoms with Crippen LogP contribution in [0.2, 0.25) is 0 Å². The van der Waals surface area contributed by atoms with Crippen molar-refractivity contribution in [2.75, 3.05) is 51.6 Å². The first-order chi connectivity index (χ1) is 11.0. The van der Waals surface area contributed by atoms with Crippen molar-refractivity contribution in [1.82, 2.24) is 15.1 Å². The summed E-state index contributed by atoms with van der Waals surface area (Å²) < 4.78 is 0. The quantitative estimate of drug-likeness (QED) is 0.829. The number of rotatable bonds is 5. The Hall–Kier alpha value is -1.63. The maximum Gasteiger partial charge on any atom is 0.238 e. The lowest BCUT2D eigenvalue weighted by molar-refractivity contribution is -0.133. The third-order valence-electron chi connectivity index (χ3n) is 4.08. The molecule has 0 aromatic heterocycles. The number of carbonyl (C=O) groups excluding carboxylic acids is 2. The molecule has 0 atom stereocenters. The molecule has 7 heteroatoms. The fourth-order valence-corrected chi connectivity index (χ4v) is 2.57. The maximum atomic E-state index is 12.2. The van der Waals surface area contributed by atoms with Crippen molar-refractivity contribution in [2.45, 2.75) is 13.8 Å². The second-order valence-corrected chi connectivity index (χ2v) is 6.15. The summed E-state index contributed by atoms with van der Waals surface area (Å²) in [5.74, 6) is -0.0307. The first-order valence-electron chi connectivity index (χ1n) is 8.00. The minimum absolute atomic E-state index is 0. The third kappa shape index (κ3) is 6.11. The van der Waals surface area contributed by atoms with Gasteiger partial charge in [0.1, 0.15) is 0 Å². The van der Waals surface area contributed by atoms with Crippen molar-refractivity contribution in [3.63, 3.8) is 0 Å². The number of hydrogen-bond donors (Lipinski definition) is 2. The molecule has 1 aliphatic rings. The Balaban J connectivity index is 0.00000288. The van der Waals surface area contributed by atoms with Gasteiger partial charge in [0.15, 0.2) is 0 Å². The van der Waals surface area contributed by atoms with Gasteiger partial charge in [-0.15, -0.1) is 12.4 Å². The highest BCUT2D eigenvalue weighted by molar-refractivity contribution is 5.92. The molecule has 2 N–H and O–H groups in total. The molecule has 1 saturated heterocycles. The zero-order valence-corrected chi connectivity index (χ0v) is 15.4. The SMILES string of the molecule is Cc1ccc(NC(=O)CN(C)CC(=O)N2CCNCC2)cc1C.Cl. The predicted molar refractivity (Wildman–Crippen MR) is 98.7 cm³/mol. The molecule has 1 aliphatic heterocycles. The van der Waals surface area contributed by atoms with Crippen molar-refractivity contribution in [1.29, 1.82) is 0 Å². The number of benzene rings is 1. The number of aryl methyl sites for hydroxylation is 2. The van der Waals surface area contributed by atoms with E-state index in [1.165, 1.54) is 5.56 Å². The van der Waals surface area contributed by atoms with E-state index >= 15 is 0 Å². The predicted octanol–water partition coefficient (Wildman–Crippen LogP) is 1.03. The van der Waals surface area contributed by atoms with Crippen molar-refractivity contribution < 1.29 is 9.59 Å². The summed E-state index contributed by atoms with van der Waals surface area (Å²) >= 11 is 0. The second kappa shape index (κ2) is 9.61. The Morgan fingerprint density at radius 2 is 1.83 bits per heavy atom. The van der Waals surface area contributed by atoms with E-state index in [4.69, 9.17) is 0 Å². The van der Waals surface area contributed by atoms with Gasteiger partial charge in [0.2, 0.25) is 11.8 Å². The molecular weight excluding hydrogens is 328 g/mol. The van der Waals surface area contributed by atoms with Crippen LogP contribution in [0.3, 0.4) is 0 Å². The molecule has 2 amide bonds. The summed E-state index contributed by atoms with van der Waals surface area (Å²) in [4.78, 5) is 27.8. The minimum Gasteiger partial charge on any atom is -0.339 e. The molecule has 1 aromatic rings. The lowest BCUT2D eigenvalue weighted by Gasteiger charge is -2.29. The Kier molecular flexibility index (Phi) is 8.18. The molecule has 6 nitrogen and oxygen atoms in total. The number of halogens is 1. The molecule has 0 unspecified atom stereocenters. The van der Waals surface area contributed by atoms with Crippen LogP contribution in [0.4, 0.5) is 5.69 Å². The Morgan fingerprint density at radius 1 is 1.17 bits per heavy atom. The van der Waals surface area contributed by atoms with E-state index in [0.29, 0.717) is 0 Å². The van der Waals surface area contributed by atoms with Crippen molar-refractivity contribution >= 4 is 29.9 Å². The maximum absolute atomic E-state index is 12.2. The van der Waals surface area contributed by atoms with Crippen LogP contribution in [0.15, 0.2) is 18.2 Å². The van der Waals surface area contributed by atoms with E-state index in [1.807, 2.05) is 36.9 Å². The van der Waals surface area contributed by atoms with Crippen LogP contribution < -0.4 is 10.6 Å². The molecule has 0 aliphatic carbocycles. The lowest BCUT2D eigenvalue weighted by Crippen LogP contribution is -2.49. The first-order valence-corrected chi connectivity index (χ1v) is 8.00. The summed E-state index contributed by atoms with van der Waals surface area (Å²) in [6, 6.07) is 5.84. The van der Waals surface area contributed by atoms with Crippen molar-refractivity contribution in [3.8, 4) is 0 Å². The van der Waals surface area contributed by atoms with Gasteiger partial charge in [-0.05, 0) is 44.2 Å². The van der Waals surface area contributed by atoms with Crippen molar-refractivity contribution in [2.24, 2.45) is 0 Å². The van der Waals surface area contributed by atoms with Gasteiger partial charge in [0.05, 0.1) is 13.1 Å². The van der Waals surface area contributed by atoms with Gasteiger partial charge in [0, 0.05) is 31.9 Å². The van der Waals surface area contributed by atoms with Crippen LogP contribution in [-0.4, -0.2) is 67.9 Å². The number of piperazine rings is 1. The molecule has 1 aromatic carbocycles. The molecule has 0 spiro atoms. The first kappa shape index (κ1) is 20.4. The summed E-state index contributed by atoms with van der Waals surface area (Å²) in [5.41, 5.74) is 3.13. The van der Waals surface area contributed by atoms with Gasteiger partial charge in [-0.3, -0.25) is 14.5 Å². The van der Waals surface area contributed by atoms with Gasteiger partial charge < -0.3 is 15.5 Å². The van der Waals surface area contributed by atoms with E-state index < -0.39 is 0 Å². The topological polar surface area (TPSA) is 64.7 Å². The zero-order chi connectivity index (χ0) is 16.8. The smallest absolute Gasteiger partial charge is 0.238 e. The lowest BCUT2D eigenvalue weighted by atomic mass is 10.1. The minimum atomic E-state index is -0.108. The summed E-state index contributed by atoms with van der Waals surface area (Å²) in [5, 5.41) is 6.10. The van der Waals surface area contributed by atoms with Crippen LogP contribution in [-0.2, 0) is 9.59 Å². The number of nitrogens with zero attached hydrogens (tertiary/aromatic N) is 2. The number of carbonyl (C=O) groups is 2. The molecule has 0 bridgehead atoms. The van der Waals surface area contributed by atoms with E-state index in [1.54, 1.807) is 11.9 Å². The zero-order valence-electron chi connectivity index (χ0n) is 14.6. The molecule has 2 rings (SSSR count). The Bertz CT molecular complexity index is 574. The molecule has 1 heterocycles. The van der Waals surface area contributed by atoms with E-state index in [-0.39, 0.29) is 37.3 Å².